The molecule has 2 aromatic carbocycles. The molecular weight excluding hydrogens is 380 g/mol. The number of thioether (sulfide) groups is 1. The number of benzene rings is 2. The number of hydrogen-bond acceptors (Lipinski definition) is 6. The second kappa shape index (κ2) is 7.11. The average molecular weight is 393 g/mol. The average Bonchev–Trinajstić information content (AvgIpc) is 3.02. The number of rotatable bonds is 4. The molecule has 1 aliphatic rings. The van der Waals surface area contributed by atoms with Crippen LogP contribution in [0.1, 0.15) is 0 Å². The lowest BCUT2D eigenvalue weighted by atomic mass is 10.2. The standard InChI is InChI=1S/C17H13ClN2O3S2/c18-10-1-4-15-12(7-10)20-17(25-15)24-9-16(21)19-11-2-3-13-14(8-11)23-6-5-22-13/h1-4,7-8H,5-6,9H2,(H,19,21). The number of halogens is 1. The van der Waals surface area contributed by atoms with Gasteiger partial charge in [-0.1, -0.05) is 23.4 Å². The molecule has 0 saturated heterocycles. The van der Waals surface area contributed by atoms with Gasteiger partial charge in [0.05, 0.1) is 16.0 Å². The molecule has 0 bridgehead atoms. The van der Waals surface area contributed by atoms with E-state index in [9.17, 15) is 4.79 Å². The summed E-state index contributed by atoms with van der Waals surface area (Å²) in [5.41, 5.74) is 1.54. The highest BCUT2D eigenvalue weighted by atomic mass is 35.5. The van der Waals surface area contributed by atoms with Crippen molar-refractivity contribution in [1.29, 1.82) is 0 Å². The monoisotopic (exact) mass is 392 g/mol. The van der Waals surface area contributed by atoms with Crippen LogP contribution in [0, 0.1) is 0 Å². The zero-order valence-corrected chi connectivity index (χ0v) is 15.3. The highest BCUT2D eigenvalue weighted by Gasteiger charge is 2.13. The van der Waals surface area contributed by atoms with Crippen LogP contribution in [0.25, 0.3) is 10.2 Å². The quantitative estimate of drug-likeness (QED) is 0.664. The number of hydrogen-bond donors (Lipinski definition) is 1. The number of carbonyl (C=O) groups excluding carboxylic acids is 1. The molecule has 3 aromatic rings. The van der Waals surface area contributed by atoms with Gasteiger partial charge in [0, 0.05) is 16.8 Å². The topological polar surface area (TPSA) is 60.5 Å². The predicted octanol–water partition coefficient (Wildman–Crippen LogP) is 4.45. The molecule has 0 spiro atoms. The predicted molar refractivity (Wildman–Crippen MR) is 101 cm³/mol. The summed E-state index contributed by atoms with van der Waals surface area (Å²) in [6.45, 7) is 1.06. The molecule has 128 valence electrons. The van der Waals surface area contributed by atoms with Gasteiger partial charge >= 0.3 is 0 Å². The van der Waals surface area contributed by atoms with Gasteiger partial charge in [-0.3, -0.25) is 4.79 Å². The lowest BCUT2D eigenvalue weighted by molar-refractivity contribution is -0.113. The van der Waals surface area contributed by atoms with Crippen LogP contribution in [0.4, 0.5) is 5.69 Å². The maximum absolute atomic E-state index is 12.2. The molecule has 8 heteroatoms. The summed E-state index contributed by atoms with van der Waals surface area (Å²) in [7, 11) is 0. The third-order valence-electron chi connectivity index (χ3n) is 3.48. The van der Waals surface area contributed by atoms with Crippen LogP contribution in [-0.4, -0.2) is 29.9 Å². The van der Waals surface area contributed by atoms with Crippen molar-refractivity contribution in [3.63, 3.8) is 0 Å². The summed E-state index contributed by atoms with van der Waals surface area (Å²) in [6, 6.07) is 11.0. The highest BCUT2D eigenvalue weighted by molar-refractivity contribution is 8.01. The first-order valence-corrected chi connectivity index (χ1v) is 9.74. The Kier molecular flexibility index (Phi) is 4.70. The van der Waals surface area contributed by atoms with E-state index in [2.05, 4.69) is 10.3 Å². The van der Waals surface area contributed by atoms with Crippen molar-refractivity contribution < 1.29 is 14.3 Å². The molecule has 1 amide bonds. The van der Waals surface area contributed by atoms with Crippen LogP contribution in [-0.2, 0) is 4.79 Å². The molecule has 4 rings (SSSR count). The van der Waals surface area contributed by atoms with Gasteiger partial charge < -0.3 is 14.8 Å². The fourth-order valence-corrected chi connectivity index (χ4v) is 4.40. The van der Waals surface area contributed by atoms with Gasteiger partial charge in [-0.15, -0.1) is 11.3 Å². The summed E-state index contributed by atoms with van der Waals surface area (Å²) in [4.78, 5) is 16.7. The Labute approximate surface area is 157 Å². The van der Waals surface area contributed by atoms with E-state index in [1.54, 1.807) is 29.5 Å². The summed E-state index contributed by atoms with van der Waals surface area (Å²) in [5.74, 6) is 1.53. The third-order valence-corrected chi connectivity index (χ3v) is 5.90. The lowest BCUT2D eigenvalue weighted by Gasteiger charge is -2.18. The van der Waals surface area contributed by atoms with E-state index in [0.29, 0.717) is 35.4 Å². The second-order valence-electron chi connectivity index (χ2n) is 5.29. The summed E-state index contributed by atoms with van der Waals surface area (Å²) < 4.78 is 12.9. The third kappa shape index (κ3) is 3.84. The normalized spacial score (nSPS) is 13.0. The van der Waals surface area contributed by atoms with Gasteiger partial charge in [-0.05, 0) is 30.3 Å². The number of fused-ring (bicyclic) bond motifs is 2. The van der Waals surface area contributed by atoms with Crippen LogP contribution in [0.5, 0.6) is 11.5 Å². The van der Waals surface area contributed by atoms with Crippen LogP contribution < -0.4 is 14.8 Å². The molecule has 5 nitrogen and oxygen atoms in total. The first-order valence-electron chi connectivity index (χ1n) is 7.56. The van der Waals surface area contributed by atoms with Crippen LogP contribution in [0.2, 0.25) is 5.02 Å². The van der Waals surface area contributed by atoms with E-state index in [1.165, 1.54) is 11.8 Å². The Hall–Kier alpha value is -1.96. The molecule has 2 heterocycles. The number of carbonyl (C=O) groups is 1. The molecule has 0 fully saturated rings. The molecular formula is C17H13ClN2O3S2. The maximum atomic E-state index is 12.2. The largest absolute Gasteiger partial charge is 0.486 e. The fraction of sp³-hybridized carbons (Fsp3) is 0.176. The van der Waals surface area contributed by atoms with E-state index >= 15 is 0 Å². The Bertz CT molecular complexity index is 945. The van der Waals surface area contributed by atoms with E-state index in [0.717, 1.165) is 14.6 Å². The molecule has 0 unspecified atom stereocenters. The van der Waals surface area contributed by atoms with Gasteiger partial charge in [0.2, 0.25) is 5.91 Å². The number of anilines is 1. The number of amides is 1. The Morgan fingerprint density at radius 3 is 2.92 bits per heavy atom. The van der Waals surface area contributed by atoms with Crippen molar-refractivity contribution in [2.24, 2.45) is 0 Å². The Morgan fingerprint density at radius 1 is 1.20 bits per heavy atom. The number of nitrogens with zero attached hydrogens (tertiary/aromatic N) is 1. The molecule has 1 N–H and O–H groups in total. The summed E-state index contributed by atoms with van der Waals surface area (Å²) in [5, 5.41) is 3.52. The van der Waals surface area contributed by atoms with Crippen molar-refractivity contribution in [1.82, 2.24) is 4.98 Å². The van der Waals surface area contributed by atoms with Crippen LogP contribution in [0.3, 0.4) is 0 Å². The van der Waals surface area contributed by atoms with E-state index in [4.69, 9.17) is 21.1 Å². The van der Waals surface area contributed by atoms with E-state index in [1.807, 2.05) is 18.2 Å². The van der Waals surface area contributed by atoms with E-state index < -0.39 is 0 Å². The molecule has 0 aliphatic carbocycles. The van der Waals surface area contributed by atoms with Crippen molar-refractivity contribution in [3.05, 3.63) is 41.4 Å². The molecule has 25 heavy (non-hydrogen) atoms. The first kappa shape index (κ1) is 16.5. The van der Waals surface area contributed by atoms with Gasteiger partial charge in [0.25, 0.3) is 0 Å². The van der Waals surface area contributed by atoms with E-state index in [-0.39, 0.29) is 11.7 Å². The lowest BCUT2D eigenvalue weighted by Crippen LogP contribution is -2.17. The van der Waals surface area contributed by atoms with Crippen molar-refractivity contribution in [2.45, 2.75) is 4.34 Å². The van der Waals surface area contributed by atoms with Crippen LogP contribution >= 0.6 is 34.7 Å². The smallest absolute Gasteiger partial charge is 0.234 e. The first-order chi connectivity index (χ1) is 12.2. The minimum atomic E-state index is -0.0982. The minimum absolute atomic E-state index is 0.0982. The SMILES string of the molecule is O=C(CSc1nc2cc(Cl)ccc2s1)Nc1ccc2c(c1)OCCO2. The summed E-state index contributed by atoms with van der Waals surface area (Å²) >= 11 is 8.92. The molecule has 1 aliphatic heterocycles. The minimum Gasteiger partial charge on any atom is -0.486 e. The van der Waals surface area contributed by atoms with Crippen LogP contribution in [0.15, 0.2) is 40.7 Å². The number of aromatic nitrogens is 1. The van der Waals surface area contributed by atoms with Crippen molar-refractivity contribution >= 4 is 56.5 Å². The zero-order valence-electron chi connectivity index (χ0n) is 13.0. The van der Waals surface area contributed by atoms with Gasteiger partial charge in [0.1, 0.15) is 13.2 Å². The Morgan fingerprint density at radius 2 is 2.04 bits per heavy atom. The van der Waals surface area contributed by atoms with Crippen molar-refractivity contribution in [2.75, 3.05) is 24.3 Å². The van der Waals surface area contributed by atoms with Gasteiger partial charge in [-0.2, -0.15) is 0 Å². The molecule has 0 atom stereocenters. The number of thiazole rings is 1. The number of nitrogens with one attached hydrogen (secondary N) is 1. The second-order valence-corrected chi connectivity index (χ2v) is 7.98. The summed E-state index contributed by atoms with van der Waals surface area (Å²) in [6.07, 6.45) is 0. The van der Waals surface area contributed by atoms with Gasteiger partial charge in [0.15, 0.2) is 15.8 Å². The molecule has 0 radical (unpaired) electrons. The zero-order chi connectivity index (χ0) is 17.2. The fourth-order valence-electron chi connectivity index (χ4n) is 2.39. The Balaban J connectivity index is 1.38. The molecule has 0 saturated carbocycles. The molecule has 1 aromatic heterocycles. The maximum Gasteiger partial charge on any atom is 0.234 e. The number of ether oxygens (including phenoxy) is 2. The van der Waals surface area contributed by atoms with Gasteiger partial charge in [-0.25, -0.2) is 4.98 Å². The highest BCUT2D eigenvalue weighted by Crippen LogP contribution is 2.33. The van der Waals surface area contributed by atoms with Crippen molar-refractivity contribution in [3.8, 4) is 11.5 Å².